The second-order valence-electron chi connectivity index (χ2n) is 7.05. The average Bonchev–Trinajstić information content (AvgIpc) is 2.74. The standard InChI is InChI=1S/C24H32N2O4/c1-4-10-19-11-6-8-13-22(19)30-18-20(27)16-26(15-5-2)17-24(28)25-21-12-7-9-14-23(21)29-3/h4,6-9,11-14,20,27H,1,5,10,15-18H2,2-3H3,(H,25,28). The fourth-order valence-electron chi connectivity index (χ4n) is 3.20. The minimum Gasteiger partial charge on any atom is -0.495 e. The predicted octanol–water partition coefficient (Wildman–Crippen LogP) is 3.51. The molecule has 2 N–H and O–H groups in total. The predicted molar refractivity (Wildman–Crippen MR) is 120 cm³/mol. The van der Waals surface area contributed by atoms with Crippen molar-refractivity contribution in [1.82, 2.24) is 4.90 Å². The molecule has 0 aromatic heterocycles. The van der Waals surface area contributed by atoms with E-state index in [2.05, 4.69) is 11.9 Å². The summed E-state index contributed by atoms with van der Waals surface area (Å²) in [6.45, 7) is 7.18. The highest BCUT2D eigenvalue weighted by molar-refractivity contribution is 5.93. The number of amides is 1. The first-order valence-electron chi connectivity index (χ1n) is 10.2. The summed E-state index contributed by atoms with van der Waals surface area (Å²) < 4.78 is 11.1. The molecule has 0 heterocycles. The van der Waals surface area contributed by atoms with Gasteiger partial charge in [-0.15, -0.1) is 6.58 Å². The molecule has 0 radical (unpaired) electrons. The lowest BCUT2D eigenvalue weighted by Gasteiger charge is -2.24. The molecular formula is C24H32N2O4. The Balaban J connectivity index is 1.89. The van der Waals surface area contributed by atoms with Crippen LogP contribution in [0.25, 0.3) is 0 Å². The zero-order valence-electron chi connectivity index (χ0n) is 17.8. The molecule has 162 valence electrons. The van der Waals surface area contributed by atoms with Crippen LogP contribution in [-0.2, 0) is 11.2 Å². The van der Waals surface area contributed by atoms with Gasteiger partial charge in [-0.2, -0.15) is 0 Å². The van der Waals surface area contributed by atoms with E-state index in [1.807, 2.05) is 54.3 Å². The number of aliphatic hydroxyl groups is 1. The second kappa shape index (κ2) is 12.7. The molecule has 2 aromatic carbocycles. The van der Waals surface area contributed by atoms with E-state index in [-0.39, 0.29) is 19.1 Å². The van der Waals surface area contributed by atoms with Crippen LogP contribution in [0.2, 0.25) is 0 Å². The number of carbonyl (C=O) groups is 1. The molecule has 0 saturated carbocycles. The van der Waals surface area contributed by atoms with Crippen LogP contribution in [-0.4, -0.2) is 55.4 Å². The van der Waals surface area contributed by atoms with Gasteiger partial charge in [0, 0.05) is 6.54 Å². The van der Waals surface area contributed by atoms with E-state index in [4.69, 9.17) is 9.47 Å². The summed E-state index contributed by atoms with van der Waals surface area (Å²) >= 11 is 0. The fourth-order valence-corrected chi connectivity index (χ4v) is 3.20. The lowest BCUT2D eigenvalue weighted by atomic mass is 10.1. The maximum absolute atomic E-state index is 12.5. The third-order valence-electron chi connectivity index (χ3n) is 4.53. The van der Waals surface area contributed by atoms with Gasteiger partial charge in [0.1, 0.15) is 24.2 Å². The Kier molecular flexibility index (Phi) is 9.91. The quantitative estimate of drug-likeness (QED) is 0.493. The molecule has 1 unspecified atom stereocenters. The zero-order valence-corrected chi connectivity index (χ0v) is 17.8. The van der Waals surface area contributed by atoms with Crippen LogP contribution < -0.4 is 14.8 Å². The summed E-state index contributed by atoms with van der Waals surface area (Å²) in [5.74, 6) is 1.20. The number of rotatable bonds is 13. The van der Waals surface area contributed by atoms with Crippen molar-refractivity contribution in [2.75, 3.05) is 38.7 Å². The molecule has 1 amide bonds. The summed E-state index contributed by atoms with van der Waals surface area (Å²) in [6, 6.07) is 15.0. The third kappa shape index (κ3) is 7.54. The largest absolute Gasteiger partial charge is 0.495 e. The lowest BCUT2D eigenvalue weighted by molar-refractivity contribution is -0.117. The van der Waals surface area contributed by atoms with E-state index < -0.39 is 6.10 Å². The number of hydrogen-bond acceptors (Lipinski definition) is 5. The number of benzene rings is 2. The molecular weight excluding hydrogens is 380 g/mol. The minimum absolute atomic E-state index is 0.155. The van der Waals surface area contributed by atoms with Crippen LogP contribution in [0.1, 0.15) is 18.9 Å². The van der Waals surface area contributed by atoms with E-state index in [0.29, 0.717) is 30.9 Å². The minimum atomic E-state index is -0.715. The van der Waals surface area contributed by atoms with E-state index in [1.165, 1.54) is 0 Å². The molecule has 0 fully saturated rings. The average molecular weight is 413 g/mol. The highest BCUT2D eigenvalue weighted by atomic mass is 16.5. The van der Waals surface area contributed by atoms with Gasteiger partial charge in [0.05, 0.1) is 19.3 Å². The highest BCUT2D eigenvalue weighted by Gasteiger charge is 2.17. The Labute approximate surface area is 179 Å². The molecule has 0 saturated heterocycles. The van der Waals surface area contributed by atoms with Gasteiger partial charge in [0.25, 0.3) is 0 Å². The lowest BCUT2D eigenvalue weighted by Crippen LogP contribution is -2.40. The molecule has 0 spiro atoms. The number of hydrogen-bond donors (Lipinski definition) is 2. The Morgan fingerprint density at radius 3 is 2.60 bits per heavy atom. The Bertz CT molecular complexity index is 809. The SMILES string of the molecule is C=CCc1ccccc1OCC(O)CN(CCC)CC(=O)Nc1ccccc1OC. The van der Waals surface area contributed by atoms with Crippen LogP contribution in [0.3, 0.4) is 0 Å². The molecule has 6 heteroatoms. The summed E-state index contributed by atoms with van der Waals surface area (Å²) in [4.78, 5) is 14.4. The van der Waals surface area contributed by atoms with Crippen molar-refractivity contribution in [3.05, 3.63) is 66.7 Å². The Hall–Kier alpha value is -2.83. The van der Waals surface area contributed by atoms with Gasteiger partial charge in [-0.1, -0.05) is 43.3 Å². The van der Waals surface area contributed by atoms with Gasteiger partial charge >= 0.3 is 0 Å². The van der Waals surface area contributed by atoms with E-state index in [9.17, 15) is 9.90 Å². The normalized spacial score (nSPS) is 11.7. The molecule has 0 aliphatic carbocycles. The number of anilines is 1. The fraction of sp³-hybridized carbons (Fsp3) is 0.375. The number of nitrogens with one attached hydrogen (secondary N) is 1. The molecule has 0 bridgehead atoms. The summed E-state index contributed by atoms with van der Waals surface area (Å²) in [7, 11) is 1.57. The molecule has 6 nitrogen and oxygen atoms in total. The molecule has 2 rings (SSSR count). The number of allylic oxidation sites excluding steroid dienone is 1. The van der Waals surface area contributed by atoms with Gasteiger partial charge in [0.2, 0.25) is 5.91 Å². The van der Waals surface area contributed by atoms with E-state index in [1.54, 1.807) is 19.2 Å². The number of ether oxygens (including phenoxy) is 2. The number of aliphatic hydroxyl groups excluding tert-OH is 1. The molecule has 0 aliphatic rings. The summed E-state index contributed by atoms with van der Waals surface area (Å²) in [5, 5.41) is 13.3. The molecule has 30 heavy (non-hydrogen) atoms. The molecule has 2 aromatic rings. The van der Waals surface area contributed by atoms with Gasteiger partial charge in [-0.05, 0) is 43.1 Å². The van der Waals surface area contributed by atoms with Crippen LogP contribution >= 0.6 is 0 Å². The second-order valence-corrected chi connectivity index (χ2v) is 7.05. The van der Waals surface area contributed by atoms with Crippen molar-refractivity contribution >= 4 is 11.6 Å². The zero-order chi connectivity index (χ0) is 21.8. The molecule has 1 atom stereocenters. The number of para-hydroxylation sites is 3. The monoisotopic (exact) mass is 412 g/mol. The van der Waals surface area contributed by atoms with Crippen LogP contribution in [0.15, 0.2) is 61.2 Å². The van der Waals surface area contributed by atoms with E-state index in [0.717, 1.165) is 17.7 Å². The first-order chi connectivity index (χ1) is 14.6. The number of carbonyl (C=O) groups excluding carboxylic acids is 1. The first-order valence-corrected chi connectivity index (χ1v) is 10.2. The van der Waals surface area contributed by atoms with Crippen molar-refractivity contribution in [2.24, 2.45) is 0 Å². The summed E-state index contributed by atoms with van der Waals surface area (Å²) in [6.07, 6.45) is 2.68. The van der Waals surface area contributed by atoms with Crippen LogP contribution in [0.4, 0.5) is 5.69 Å². The van der Waals surface area contributed by atoms with Gasteiger partial charge in [-0.25, -0.2) is 0 Å². The topological polar surface area (TPSA) is 71.0 Å². The Morgan fingerprint density at radius 1 is 1.20 bits per heavy atom. The van der Waals surface area contributed by atoms with Gasteiger partial charge in [0.15, 0.2) is 0 Å². The third-order valence-corrected chi connectivity index (χ3v) is 4.53. The van der Waals surface area contributed by atoms with Crippen molar-refractivity contribution in [2.45, 2.75) is 25.9 Å². The van der Waals surface area contributed by atoms with Crippen LogP contribution in [0, 0.1) is 0 Å². The van der Waals surface area contributed by atoms with Gasteiger partial charge < -0.3 is 19.9 Å². The van der Waals surface area contributed by atoms with Crippen molar-refractivity contribution in [3.8, 4) is 11.5 Å². The maximum atomic E-state index is 12.5. The number of nitrogens with zero attached hydrogens (tertiary/aromatic N) is 1. The van der Waals surface area contributed by atoms with Crippen molar-refractivity contribution in [3.63, 3.8) is 0 Å². The Morgan fingerprint density at radius 2 is 1.90 bits per heavy atom. The molecule has 0 aliphatic heterocycles. The van der Waals surface area contributed by atoms with Crippen molar-refractivity contribution < 1.29 is 19.4 Å². The smallest absolute Gasteiger partial charge is 0.238 e. The first kappa shape index (κ1) is 23.4. The van der Waals surface area contributed by atoms with Crippen molar-refractivity contribution in [1.29, 1.82) is 0 Å². The summed E-state index contributed by atoms with van der Waals surface area (Å²) in [5.41, 5.74) is 1.66. The maximum Gasteiger partial charge on any atom is 0.238 e. The number of methoxy groups -OCH3 is 1. The highest BCUT2D eigenvalue weighted by Crippen LogP contribution is 2.23. The van der Waals surface area contributed by atoms with E-state index >= 15 is 0 Å². The van der Waals surface area contributed by atoms with Crippen LogP contribution in [0.5, 0.6) is 11.5 Å². The van der Waals surface area contributed by atoms with Gasteiger partial charge in [-0.3, -0.25) is 9.69 Å².